The van der Waals surface area contributed by atoms with Crippen LogP contribution >= 0.6 is 11.3 Å². The minimum atomic E-state index is -1.62. The van der Waals surface area contributed by atoms with Gasteiger partial charge in [0.2, 0.25) is 5.91 Å². The van der Waals surface area contributed by atoms with Gasteiger partial charge in [0.05, 0.1) is 6.04 Å². The van der Waals surface area contributed by atoms with Gasteiger partial charge in [-0.25, -0.2) is 13.6 Å². The molecule has 2 aromatic carbocycles. The summed E-state index contributed by atoms with van der Waals surface area (Å²) in [7, 11) is 0. The van der Waals surface area contributed by atoms with E-state index in [1.807, 2.05) is 48.7 Å². The summed E-state index contributed by atoms with van der Waals surface area (Å²) in [5.74, 6) is -3.46. The zero-order chi connectivity index (χ0) is 23.8. The number of carbonyl (C=O) groups excluding carboxylic acids is 3. The van der Waals surface area contributed by atoms with Gasteiger partial charge in [-0.15, -0.1) is 11.3 Å². The number of imide groups is 1. The van der Waals surface area contributed by atoms with Crippen LogP contribution < -0.4 is 10.6 Å². The highest BCUT2D eigenvalue weighted by molar-refractivity contribution is 7.10. The van der Waals surface area contributed by atoms with Gasteiger partial charge >= 0.3 is 6.03 Å². The van der Waals surface area contributed by atoms with Crippen LogP contribution in [0.3, 0.4) is 0 Å². The molecule has 2 heterocycles. The number of amides is 4. The predicted molar refractivity (Wildman–Crippen MR) is 119 cm³/mol. The third-order valence-electron chi connectivity index (χ3n) is 5.62. The monoisotopic (exact) mass is 469 g/mol. The second-order valence-electron chi connectivity index (χ2n) is 8.00. The Bertz CT molecular complexity index is 1210. The zero-order valence-electron chi connectivity index (χ0n) is 17.9. The second kappa shape index (κ2) is 8.74. The number of aryl methyl sites for hydroxylation is 1. The van der Waals surface area contributed by atoms with E-state index >= 15 is 0 Å². The fraction of sp³-hybridized carbons (Fsp3) is 0.208. The molecule has 0 spiro atoms. The number of benzene rings is 2. The topological polar surface area (TPSA) is 78.5 Å². The van der Waals surface area contributed by atoms with Crippen LogP contribution in [0.4, 0.5) is 13.6 Å². The van der Waals surface area contributed by atoms with Crippen LogP contribution in [-0.2, 0) is 15.1 Å². The number of carbonyl (C=O) groups is 3. The average Bonchev–Trinajstić information content (AvgIpc) is 3.38. The molecule has 1 aliphatic rings. The summed E-state index contributed by atoms with van der Waals surface area (Å²) in [4.78, 5) is 40.1. The number of urea groups is 1. The number of nitrogens with one attached hydrogen (secondary N) is 2. The van der Waals surface area contributed by atoms with E-state index in [2.05, 4.69) is 10.6 Å². The third-order valence-corrected chi connectivity index (χ3v) is 6.55. The molecule has 2 atom stereocenters. The highest BCUT2D eigenvalue weighted by atomic mass is 32.1. The summed E-state index contributed by atoms with van der Waals surface area (Å²) in [5, 5.41) is 7.28. The van der Waals surface area contributed by atoms with E-state index in [1.54, 1.807) is 0 Å². The maximum atomic E-state index is 13.7. The van der Waals surface area contributed by atoms with Crippen LogP contribution in [0.1, 0.15) is 34.5 Å². The first-order valence-corrected chi connectivity index (χ1v) is 11.1. The Kier molecular flexibility index (Phi) is 5.99. The van der Waals surface area contributed by atoms with Gasteiger partial charge in [0.25, 0.3) is 5.91 Å². The number of hydrogen-bond acceptors (Lipinski definition) is 4. The number of rotatable bonds is 6. The second-order valence-corrected chi connectivity index (χ2v) is 8.98. The SMILES string of the molecule is Cc1ccc(C(NC(=O)CN2C(=O)NC(C)(c3ccc(F)c(F)c3)C2=O)c2cccs2)cc1. The fourth-order valence-electron chi connectivity index (χ4n) is 3.73. The number of nitrogens with zero attached hydrogens (tertiary/aromatic N) is 1. The quantitative estimate of drug-likeness (QED) is 0.536. The van der Waals surface area contributed by atoms with Gasteiger partial charge in [-0.2, -0.15) is 0 Å². The van der Waals surface area contributed by atoms with Crippen LogP contribution in [-0.4, -0.2) is 29.3 Å². The Balaban J connectivity index is 1.53. The van der Waals surface area contributed by atoms with Crippen molar-refractivity contribution >= 4 is 29.2 Å². The molecular weight excluding hydrogens is 448 g/mol. The van der Waals surface area contributed by atoms with E-state index in [9.17, 15) is 23.2 Å². The van der Waals surface area contributed by atoms with Crippen molar-refractivity contribution in [1.29, 1.82) is 0 Å². The molecule has 4 amide bonds. The summed E-state index contributed by atoms with van der Waals surface area (Å²) in [6.45, 7) is 2.83. The number of thiophene rings is 1. The largest absolute Gasteiger partial charge is 0.343 e. The van der Waals surface area contributed by atoms with Crippen LogP contribution in [0.2, 0.25) is 0 Å². The first-order chi connectivity index (χ1) is 15.7. The zero-order valence-corrected chi connectivity index (χ0v) is 18.7. The Morgan fingerprint density at radius 1 is 1.12 bits per heavy atom. The normalized spacial score (nSPS) is 18.8. The molecule has 3 aromatic rings. The summed E-state index contributed by atoms with van der Waals surface area (Å²) in [6, 6.07) is 13.2. The van der Waals surface area contributed by atoms with Gasteiger partial charge in [0.15, 0.2) is 11.6 Å². The molecular formula is C24H21F2N3O3S. The lowest BCUT2D eigenvalue weighted by Gasteiger charge is -2.23. The van der Waals surface area contributed by atoms with Crippen LogP contribution in [0.5, 0.6) is 0 Å². The van der Waals surface area contributed by atoms with Crippen LogP contribution in [0, 0.1) is 18.6 Å². The van der Waals surface area contributed by atoms with Crippen molar-refractivity contribution in [2.24, 2.45) is 0 Å². The van der Waals surface area contributed by atoms with Crippen molar-refractivity contribution in [1.82, 2.24) is 15.5 Å². The molecule has 4 rings (SSSR count). The van der Waals surface area contributed by atoms with Gasteiger partial charge in [0, 0.05) is 4.88 Å². The molecule has 0 saturated carbocycles. The van der Waals surface area contributed by atoms with Gasteiger partial charge in [-0.3, -0.25) is 14.5 Å². The highest BCUT2D eigenvalue weighted by Gasteiger charge is 2.49. The fourth-order valence-corrected chi connectivity index (χ4v) is 4.53. The van der Waals surface area contributed by atoms with Gasteiger partial charge in [0.1, 0.15) is 12.1 Å². The minimum Gasteiger partial charge on any atom is -0.343 e. The molecule has 170 valence electrons. The van der Waals surface area contributed by atoms with Crippen molar-refractivity contribution in [2.45, 2.75) is 25.4 Å². The lowest BCUT2D eigenvalue weighted by Crippen LogP contribution is -2.44. The summed E-state index contributed by atoms with van der Waals surface area (Å²) in [6.07, 6.45) is 0. The van der Waals surface area contributed by atoms with Crippen molar-refractivity contribution in [3.8, 4) is 0 Å². The maximum Gasteiger partial charge on any atom is 0.325 e. The number of halogens is 2. The Morgan fingerprint density at radius 3 is 2.48 bits per heavy atom. The molecule has 1 saturated heterocycles. The average molecular weight is 470 g/mol. The highest BCUT2D eigenvalue weighted by Crippen LogP contribution is 2.30. The van der Waals surface area contributed by atoms with E-state index in [0.717, 1.165) is 33.0 Å². The summed E-state index contributed by atoms with van der Waals surface area (Å²) < 4.78 is 27.0. The van der Waals surface area contributed by atoms with E-state index in [4.69, 9.17) is 0 Å². The molecule has 0 radical (unpaired) electrons. The predicted octanol–water partition coefficient (Wildman–Crippen LogP) is 4.01. The lowest BCUT2D eigenvalue weighted by molar-refractivity contribution is -0.135. The van der Waals surface area contributed by atoms with Gasteiger partial charge < -0.3 is 10.6 Å². The van der Waals surface area contributed by atoms with Crippen molar-refractivity contribution in [2.75, 3.05) is 6.54 Å². The van der Waals surface area contributed by atoms with Gasteiger partial charge in [-0.1, -0.05) is 42.0 Å². The Hall–Kier alpha value is -3.59. The van der Waals surface area contributed by atoms with E-state index in [0.29, 0.717) is 0 Å². The molecule has 9 heteroatoms. The molecule has 0 bridgehead atoms. The molecule has 1 aliphatic heterocycles. The third kappa shape index (κ3) is 4.36. The van der Waals surface area contributed by atoms with E-state index in [1.165, 1.54) is 24.3 Å². The smallest absolute Gasteiger partial charge is 0.325 e. The van der Waals surface area contributed by atoms with Crippen molar-refractivity contribution < 1.29 is 23.2 Å². The Labute approximate surface area is 193 Å². The first kappa shape index (κ1) is 22.6. The molecule has 6 nitrogen and oxygen atoms in total. The van der Waals surface area contributed by atoms with Crippen LogP contribution in [0.25, 0.3) is 0 Å². The molecule has 2 N–H and O–H groups in total. The molecule has 2 unspecified atom stereocenters. The lowest BCUT2D eigenvalue weighted by atomic mass is 9.92. The molecule has 1 fully saturated rings. The summed E-state index contributed by atoms with van der Waals surface area (Å²) >= 11 is 1.47. The van der Waals surface area contributed by atoms with Crippen molar-refractivity contribution in [3.63, 3.8) is 0 Å². The summed E-state index contributed by atoms with van der Waals surface area (Å²) in [5.41, 5.74) is 0.403. The minimum absolute atomic E-state index is 0.0822. The Morgan fingerprint density at radius 2 is 1.85 bits per heavy atom. The molecule has 33 heavy (non-hydrogen) atoms. The number of hydrogen-bond donors (Lipinski definition) is 2. The maximum absolute atomic E-state index is 13.7. The van der Waals surface area contributed by atoms with Crippen LogP contribution in [0.15, 0.2) is 60.0 Å². The standard InChI is InChI=1S/C24H21F2N3O3S/c1-14-5-7-15(8-6-14)21(19-4-3-11-33-19)27-20(30)13-29-22(31)24(2,28-23(29)32)16-9-10-17(25)18(26)12-16/h3-12,21H,13H2,1-2H3,(H,27,30)(H,28,32). The first-order valence-electron chi connectivity index (χ1n) is 10.2. The van der Waals surface area contributed by atoms with E-state index < -0.39 is 47.6 Å². The van der Waals surface area contributed by atoms with Crippen molar-refractivity contribution in [3.05, 3.63) is 93.2 Å². The van der Waals surface area contributed by atoms with Gasteiger partial charge in [-0.05, 0) is 48.6 Å². The molecule has 1 aromatic heterocycles. The van der Waals surface area contributed by atoms with E-state index in [-0.39, 0.29) is 5.56 Å². The molecule has 0 aliphatic carbocycles.